The van der Waals surface area contributed by atoms with Gasteiger partial charge in [-0.3, -0.25) is 4.57 Å². The van der Waals surface area contributed by atoms with Gasteiger partial charge < -0.3 is 15.1 Å². The number of anilines is 2. The fraction of sp³-hybridized carbons (Fsp3) is 0.556. The molecule has 2 amide bonds. The first-order valence-corrected chi connectivity index (χ1v) is 9.28. The fourth-order valence-corrected chi connectivity index (χ4v) is 3.95. The number of likely N-dealkylation sites (tertiary alicyclic amines) is 1. The Hall–Kier alpha value is -2.84. The van der Waals surface area contributed by atoms with Crippen molar-refractivity contribution in [1.82, 2.24) is 24.6 Å². The first-order valence-electron chi connectivity index (χ1n) is 9.28. The van der Waals surface area contributed by atoms with E-state index in [-0.39, 0.29) is 17.8 Å². The molecule has 2 unspecified atom stereocenters. The lowest BCUT2D eigenvalue weighted by molar-refractivity contribution is 0.191. The monoisotopic (exact) mass is 371 g/mol. The van der Waals surface area contributed by atoms with Crippen LogP contribution in [0, 0.1) is 11.8 Å². The normalized spacial score (nSPS) is 22.1. The zero-order valence-corrected chi connectivity index (χ0v) is 15.8. The summed E-state index contributed by atoms with van der Waals surface area (Å²) in [4.78, 5) is 32.9. The molecule has 2 aliphatic rings. The third kappa shape index (κ3) is 3.29. The number of aromatic amines is 1. The zero-order chi connectivity index (χ0) is 19.1. The van der Waals surface area contributed by atoms with E-state index < -0.39 is 0 Å². The van der Waals surface area contributed by atoms with E-state index in [1.165, 1.54) is 17.4 Å². The van der Waals surface area contributed by atoms with E-state index >= 15 is 0 Å². The number of rotatable bonds is 4. The number of amides is 2. The Balaban J connectivity index is 1.59. The number of pyridine rings is 1. The molecule has 9 heteroatoms. The lowest BCUT2D eigenvalue weighted by Gasteiger charge is -2.27. The van der Waals surface area contributed by atoms with Crippen LogP contribution in [0.5, 0.6) is 0 Å². The van der Waals surface area contributed by atoms with Gasteiger partial charge in [0, 0.05) is 45.6 Å². The number of carbonyl (C=O) groups excluding carboxylic acids is 1. The van der Waals surface area contributed by atoms with Crippen LogP contribution >= 0.6 is 0 Å². The number of nitrogens with zero attached hydrogens (tertiary/aromatic N) is 5. The van der Waals surface area contributed by atoms with Crippen LogP contribution in [0.3, 0.4) is 0 Å². The van der Waals surface area contributed by atoms with Crippen molar-refractivity contribution in [3.8, 4) is 0 Å². The minimum absolute atomic E-state index is 0.172. The molecule has 2 aromatic heterocycles. The molecule has 0 radical (unpaired) electrons. The molecule has 1 saturated carbocycles. The Morgan fingerprint density at radius 3 is 2.74 bits per heavy atom. The second kappa shape index (κ2) is 6.71. The molecule has 27 heavy (non-hydrogen) atoms. The van der Waals surface area contributed by atoms with Crippen LogP contribution in [0.1, 0.15) is 31.1 Å². The molecule has 0 aromatic carbocycles. The van der Waals surface area contributed by atoms with Gasteiger partial charge in [-0.15, -0.1) is 0 Å². The van der Waals surface area contributed by atoms with Gasteiger partial charge in [0.1, 0.15) is 5.82 Å². The summed E-state index contributed by atoms with van der Waals surface area (Å²) in [5, 5.41) is 9.71. The van der Waals surface area contributed by atoms with E-state index in [0.717, 1.165) is 12.2 Å². The van der Waals surface area contributed by atoms with Gasteiger partial charge in [0.05, 0.1) is 6.04 Å². The van der Waals surface area contributed by atoms with Crippen molar-refractivity contribution in [3.05, 3.63) is 34.6 Å². The Morgan fingerprint density at radius 2 is 2.11 bits per heavy atom. The summed E-state index contributed by atoms with van der Waals surface area (Å²) < 4.78 is 1.52. The van der Waals surface area contributed by atoms with Gasteiger partial charge in [0.15, 0.2) is 5.82 Å². The van der Waals surface area contributed by atoms with Crippen molar-refractivity contribution in [2.45, 2.75) is 25.3 Å². The maximum atomic E-state index is 13.0. The average Bonchev–Trinajstić information content (AvgIpc) is 3.32. The number of hydrogen-bond acceptors (Lipinski definition) is 5. The fourth-order valence-electron chi connectivity index (χ4n) is 3.95. The third-order valence-electron chi connectivity index (χ3n) is 5.57. The summed E-state index contributed by atoms with van der Waals surface area (Å²) >= 11 is 0. The maximum absolute atomic E-state index is 13.0. The first-order chi connectivity index (χ1) is 13.0. The SMILES string of the molecule is CN(C)c1cc(NC(=O)N2CCC(C3CC3)C2c2n[nH]c(=O)n2C)ccn1. The van der Waals surface area contributed by atoms with E-state index in [1.807, 2.05) is 30.0 Å². The number of carbonyl (C=O) groups is 1. The molecular weight excluding hydrogens is 346 g/mol. The topological polar surface area (TPSA) is 99.2 Å². The summed E-state index contributed by atoms with van der Waals surface area (Å²) in [7, 11) is 5.51. The molecule has 1 aliphatic heterocycles. The minimum Gasteiger partial charge on any atom is -0.363 e. The Labute approximate surface area is 157 Å². The van der Waals surface area contributed by atoms with Crippen molar-refractivity contribution in [3.63, 3.8) is 0 Å². The molecule has 9 nitrogen and oxygen atoms in total. The highest BCUT2D eigenvalue weighted by Crippen LogP contribution is 2.49. The Kier molecular flexibility index (Phi) is 4.37. The van der Waals surface area contributed by atoms with Crippen LogP contribution in [0.15, 0.2) is 23.1 Å². The molecule has 1 aliphatic carbocycles. The molecule has 0 bridgehead atoms. The van der Waals surface area contributed by atoms with Gasteiger partial charge in [-0.1, -0.05) is 0 Å². The predicted octanol–water partition coefficient (Wildman–Crippen LogP) is 1.57. The number of hydrogen-bond donors (Lipinski definition) is 2. The number of aromatic nitrogens is 4. The van der Waals surface area contributed by atoms with Gasteiger partial charge in [0.25, 0.3) is 0 Å². The quantitative estimate of drug-likeness (QED) is 0.850. The molecule has 2 fully saturated rings. The van der Waals surface area contributed by atoms with Crippen molar-refractivity contribution in [2.75, 3.05) is 30.9 Å². The highest BCUT2D eigenvalue weighted by atomic mass is 16.2. The van der Waals surface area contributed by atoms with Crippen molar-refractivity contribution in [2.24, 2.45) is 18.9 Å². The number of H-pyrrole nitrogens is 1. The summed E-state index contributed by atoms with van der Waals surface area (Å²) in [5.74, 6) is 2.37. The van der Waals surface area contributed by atoms with Crippen LogP contribution < -0.4 is 15.9 Å². The lowest BCUT2D eigenvalue weighted by atomic mass is 9.94. The predicted molar refractivity (Wildman–Crippen MR) is 102 cm³/mol. The second-order valence-corrected chi connectivity index (χ2v) is 7.60. The average molecular weight is 371 g/mol. The van der Waals surface area contributed by atoms with Gasteiger partial charge in [-0.2, -0.15) is 5.10 Å². The van der Waals surface area contributed by atoms with Gasteiger partial charge >= 0.3 is 11.7 Å². The van der Waals surface area contributed by atoms with Crippen LogP contribution in [0.4, 0.5) is 16.3 Å². The highest BCUT2D eigenvalue weighted by molar-refractivity contribution is 5.90. The van der Waals surface area contributed by atoms with Crippen molar-refractivity contribution >= 4 is 17.5 Å². The van der Waals surface area contributed by atoms with Gasteiger partial charge in [-0.25, -0.2) is 19.7 Å². The van der Waals surface area contributed by atoms with E-state index in [2.05, 4.69) is 20.5 Å². The molecule has 0 spiro atoms. The zero-order valence-electron chi connectivity index (χ0n) is 15.8. The molecular formula is C18H25N7O2. The minimum atomic E-state index is -0.253. The van der Waals surface area contributed by atoms with E-state index in [0.29, 0.717) is 29.9 Å². The van der Waals surface area contributed by atoms with Crippen molar-refractivity contribution in [1.29, 1.82) is 0 Å². The molecule has 1 saturated heterocycles. The number of urea groups is 1. The van der Waals surface area contributed by atoms with Crippen LogP contribution in [-0.4, -0.2) is 51.3 Å². The third-order valence-corrected chi connectivity index (χ3v) is 5.57. The van der Waals surface area contributed by atoms with E-state index in [4.69, 9.17) is 0 Å². The molecule has 2 aromatic rings. The van der Waals surface area contributed by atoms with Crippen molar-refractivity contribution < 1.29 is 4.79 Å². The van der Waals surface area contributed by atoms with E-state index in [1.54, 1.807) is 19.3 Å². The summed E-state index contributed by atoms with van der Waals surface area (Å²) in [5.41, 5.74) is 0.444. The molecule has 2 N–H and O–H groups in total. The summed E-state index contributed by atoms with van der Waals surface area (Å²) in [6.07, 6.45) is 4.98. The second-order valence-electron chi connectivity index (χ2n) is 7.60. The molecule has 4 rings (SSSR count). The van der Waals surface area contributed by atoms with Gasteiger partial charge in [-0.05, 0) is 37.2 Å². The molecule has 144 valence electrons. The van der Waals surface area contributed by atoms with Gasteiger partial charge in [0.2, 0.25) is 0 Å². The first kappa shape index (κ1) is 17.6. The summed E-state index contributed by atoms with van der Waals surface area (Å²) in [6, 6.07) is 3.26. The maximum Gasteiger partial charge on any atom is 0.343 e. The van der Waals surface area contributed by atoms with Crippen LogP contribution in [-0.2, 0) is 7.05 Å². The Bertz CT molecular complexity index is 899. The van der Waals surface area contributed by atoms with Crippen LogP contribution in [0.2, 0.25) is 0 Å². The molecule has 2 atom stereocenters. The standard InChI is InChI=1S/C18H25N7O2/c1-23(2)14-10-12(6-8-19-14)20-17(26)25-9-7-13(11-4-5-11)15(25)16-21-22-18(27)24(16)3/h6,8,10-11,13,15H,4-5,7,9H2,1-3H3,(H,22,27)(H,19,20,26). The lowest BCUT2D eigenvalue weighted by Crippen LogP contribution is -2.37. The van der Waals surface area contributed by atoms with Crippen LogP contribution in [0.25, 0.3) is 0 Å². The summed E-state index contributed by atoms with van der Waals surface area (Å²) in [6.45, 7) is 0.657. The molecule has 3 heterocycles. The Morgan fingerprint density at radius 1 is 1.33 bits per heavy atom. The largest absolute Gasteiger partial charge is 0.363 e. The highest BCUT2D eigenvalue weighted by Gasteiger charge is 2.47. The van der Waals surface area contributed by atoms with E-state index in [9.17, 15) is 9.59 Å². The number of nitrogens with one attached hydrogen (secondary N) is 2. The smallest absolute Gasteiger partial charge is 0.343 e.